The lowest BCUT2D eigenvalue weighted by molar-refractivity contribution is 0.0880. The van der Waals surface area contributed by atoms with Crippen molar-refractivity contribution in [1.29, 1.82) is 0 Å². The Labute approximate surface area is 197 Å². The molecule has 34 heavy (non-hydrogen) atoms. The summed E-state index contributed by atoms with van der Waals surface area (Å²) in [4.78, 5) is 25.4. The van der Waals surface area contributed by atoms with Crippen LogP contribution in [0.3, 0.4) is 0 Å². The van der Waals surface area contributed by atoms with Crippen LogP contribution in [0.2, 0.25) is 0 Å². The summed E-state index contributed by atoms with van der Waals surface area (Å²) in [5, 5.41) is 23.3. The first-order chi connectivity index (χ1) is 16.1. The van der Waals surface area contributed by atoms with Crippen molar-refractivity contribution in [3.63, 3.8) is 0 Å². The minimum atomic E-state index is -0.906. The molecule has 3 amide bonds. The number of rotatable bonds is 4. The second kappa shape index (κ2) is 8.90. The Morgan fingerprint density at radius 1 is 1.18 bits per heavy atom. The van der Waals surface area contributed by atoms with E-state index in [9.17, 15) is 19.1 Å². The molecule has 0 bridgehead atoms. The average Bonchev–Trinajstić information content (AvgIpc) is 3.12. The SMILES string of the molecule is CNC(=O)c1nn(-c2ccccc2)c(NC(=O)N[C@@H]2c3cc(F)ccc3C(C)(C)C[C@H]2O)c1C. The number of carbonyl (C=O) groups excluding carboxylic acids is 2. The Morgan fingerprint density at radius 2 is 1.88 bits per heavy atom. The van der Waals surface area contributed by atoms with Gasteiger partial charge in [-0.2, -0.15) is 5.10 Å². The molecule has 1 heterocycles. The molecule has 1 aliphatic rings. The van der Waals surface area contributed by atoms with Crippen molar-refractivity contribution in [1.82, 2.24) is 20.4 Å². The second-order valence-corrected chi connectivity index (χ2v) is 9.11. The number of benzene rings is 2. The van der Waals surface area contributed by atoms with Crippen molar-refractivity contribution in [2.24, 2.45) is 0 Å². The lowest BCUT2D eigenvalue weighted by Gasteiger charge is -2.40. The summed E-state index contributed by atoms with van der Waals surface area (Å²) < 4.78 is 15.6. The topological polar surface area (TPSA) is 108 Å². The second-order valence-electron chi connectivity index (χ2n) is 9.11. The van der Waals surface area contributed by atoms with Gasteiger partial charge >= 0.3 is 6.03 Å². The molecule has 0 spiro atoms. The van der Waals surface area contributed by atoms with Gasteiger partial charge in [-0.3, -0.25) is 10.1 Å². The van der Waals surface area contributed by atoms with Crippen LogP contribution in [0.15, 0.2) is 48.5 Å². The fourth-order valence-electron chi connectivity index (χ4n) is 4.56. The third-order valence-electron chi connectivity index (χ3n) is 6.27. The first-order valence-electron chi connectivity index (χ1n) is 11.0. The lowest BCUT2D eigenvalue weighted by atomic mass is 9.69. The largest absolute Gasteiger partial charge is 0.391 e. The Bertz CT molecular complexity index is 1240. The summed E-state index contributed by atoms with van der Waals surface area (Å²) in [6.07, 6.45) is -0.505. The zero-order valence-electron chi connectivity index (χ0n) is 19.5. The number of anilines is 1. The van der Waals surface area contributed by atoms with E-state index in [1.165, 1.54) is 23.9 Å². The average molecular weight is 466 g/mol. The Kier molecular flexibility index (Phi) is 6.14. The van der Waals surface area contributed by atoms with Crippen molar-refractivity contribution in [3.05, 3.63) is 76.7 Å². The van der Waals surface area contributed by atoms with Crippen LogP contribution in [0, 0.1) is 12.7 Å². The molecule has 4 rings (SSSR count). The van der Waals surface area contributed by atoms with Crippen molar-refractivity contribution < 1.29 is 19.1 Å². The Morgan fingerprint density at radius 3 is 2.56 bits per heavy atom. The van der Waals surface area contributed by atoms with Crippen molar-refractivity contribution in [3.8, 4) is 5.69 Å². The highest BCUT2D eigenvalue weighted by Crippen LogP contribution is 2.42. The minimum Gasteiger partial charge on any atom is -0.391 e. The van der Waals surface area contributed by atoms with E-state index < -0.39 is 24.0 Å². The molecule has 2 atom stereocenters. The van der Waals surface area contributed by atoms with E-state index in [-0.39, 0.29) is 17.0 Å². The van der Waals surface area contributed by atoms with Crippen LogP contribution in [-0.2, 0) is 5.41 Å². The predicted molar refractivity (Wildman–Crippen MR) is 127 cm³/mol. The van der Waals surface area contributed by atoms with E-state index in [0.717, 1.165) is 5.56 Å². The van der Waals surface area contributed by atoms with Gasteiger partial charge in [0.1, 0.15) is 11.6 Å². The van der Waals surface area contributed by atoms with Gasteiger partial charge < -0.3 is 15.7 Å². The maximum atomic E-state index is 14.1. The number of fused-ring (bicyclic) bond motifs is 1. The molecular formula is C25H28FN5O3. The molecule has 0 aliphatic heterocycles. The molecule has 178 valence electrons. The van der Waals surface area contributed by atoms with Crippen LogP contribution >= 0.6 is 0 Å². The van der Waals surface area contributed by atoms with E-state index in [0.29, 0.717) is 29.1 Å². The molecule has 4 N–H and O–H groups in total. The van der Waals surface area contributed by atoms with Crippen molar-refractivity contribution in [2.75, 3.05) is 12.4 Å². The monoisotopic (exact) mass is 465 g/mol. The lowest BCUT2D eigenvalue weighted by Crippen LogP contribution is -2.45. The summed E-state index contributed by atoms with van der Waals surface area (Å²) >= 11 is 0. The number of amides is 3. The zero-order valence-corrected chi connectivity index (χ0v) is 19.5. The van der Waals surface area contributed by atoms with Crippen LogP contribution < -0.4 is 16.0 Å². The highest BCUT2D eigenvalue weighted by molar-refractivity contribution is 5.97. The molecule has 0 radical (unpaired) electrons. The smallest absolute Gasteiger partial charge is 0.320 e. The molecule has 0 saturated carbocycles. The first-order valence-corrected chi connectivity index (χ1v) is 11.0. The molecule has 1 aromatic heterocycles. The van der Waals surface area contributed by atoms with Gasteiger partial charge in [0.25, 0.3) is 5.91 Å². The predicted octanol–water partition coefficient (Wildman–Crippen LogP) is 3.58. The van der Waals surface area contributed by atoms with E-state index in [2.05, 4.69) is 21.0 Å². The van der Waals surface area contributed by atoms with Gasteiger partial charge in [-0.05, 0) is 54.2 Å². The maximum absolute atomic E-state index is 14.1. The fraction of sp³-hybridized carbons (Fsp3) is 0.320. The number of urea groups is 1. The number of halogens is 1. The quantitative estimate of drug-likeness (QED) is 0.472. The number of aliphatic hydroxyl groups is 1. The van der Waals surface area contributed by atoms with Crippen LogP contribution in [0.25, 0.3) is 5.69 Å². The molecule has 0 saturated heterocycles. The van der Waals surface area contributed by atoms with Gasteiger partial charge in [-0.25, -0.2) is 13.9 Å². The van der Waals surface area contributed by atoms with E-state index >= 15 is 0 Å². The summed E-state index contributed by atoms with van der Waals surface area (Å²) in [6.45, 7) is 5.64. The number of aromatic nitrogens is 2. The van der Waals surface area contributed by atoms with Gasteiger partial charge in [0.15, 0.2) is 5.69 Å². The number of aliphatic hydroxyl groups excluding tert-OH is 1. The highest BCUT2D eigenvalue weighted by Gasteiger charge is 2.39. The standard InChI is InChI=1S/C25H28FN5O3/c1-14-20(23(33)27-4)30-31(16-8-6-5-7-9-16)22(14)29-24(34)28-21-17-12-15(26)10-11-18(17)25(2,3)13-19(21)32/h5-12,19,21,32H,13H2,1-4H3,(H,27,33)(H2,28,29,34)/t19-,21-/m1/s1. The van der Waals surface area contributed by atoms with E-state index in [4.69, 9.17) is 0 Å². The van der Waals surface area contributed by atoms with Crippen LogP contribution in [0.1, 0.15) is 53.5 Å². The number of carbonyl (C=O) groups is 2. The molecule has 0 unspecified atom stereocenters. The van der Waals surface area contributed by atoms with Gasteiger partial charge in [0, 0.05) is 12.6 Å². The number of nitrogens with zero attached hydrogens (tertiary/aromatic N) is 2. The normalized spacial score (nSPS) is 18.6. The fourth-order valence-corrected chi connectivity index (χ4v) is 4.56. The zero-order chi connectivity index (χ0) is 24.6. The van der Waals surface area contributed by atoms with Crippen LogP contribution in [-0.4, -0.2) is 40.0 Å². The summed E-state index contributed by atoms with van der Waals surface area (Å²) in [6, 6.07) is 12.1. The minimum absolute atomic E-state index is 0.175. The number of hydrogen-bond donors (Lipinski definition) is 4. The van der Waals surface area contributed by atoms with Gasteiger partial charge in [-0.15, -0.1) is 0 Å². The third-order valence-corrected chi connectivity index (χ3v) is 6.27. The van der Waals surface area contributed by atoms with Crippen molar-refractivity contribution in [2.45, 2.75) is 44.8 Å². The number of para-hydroxylation sites is 1. The molecule has 1 aliphatic carbocycles. The van der Waals surface area contributed by atoms with E-state index in [1.807, 2.05) is 32.0 Å². The molecule has 2 aromatic carbocycles. The van der Waals surface area contributed by atoms with Crippen LogP contribution in [0.4, 0.5) is 15.0 Å². The third kappa shape index (κ3) is 4.26. The van der Waals surface area contributed by atoms with Gasteiger partial charge in [0.2, 0.25) is 0 Å². The van der Waals surface area contributed by atoms with Crippen molar-refractivity contribution >= 4 is 17.8 Å². The number of nitrogens with one attached hydrogen (secondary N) is 3. The Balaban J connectivity index is 1.67. The summed E-state index contributed by atoms with van der Waals surface area (Å²) in [5.41, 5.74) is 2.35. The van der Waals surface area contributed by atoms with Gasteiger partial charge in [-0.1, -0.05) is 38.1 Å². The van der Waals surface area contributed by atoms with E-state index in [1.54, 1.807) is 25.1 Å². The summed E-state index contributed by atoms with van der Waals surface area (Å²) in [7, 11) is 1.51. The molecular weight excluding hydrogens is 437 g/mol. The van der Waals surface area contributed by atoms with Crippen LogP contribution in [0.5, 0.6) is 0 Å². The molecule has 3 aromatic rings. The first kappa shape index (κ1) is 23.4. The van der Waals surface area contributed by atoms with Gasteiger partial charge in [0.05, 0.1) is 17.8 Å². The molecule has 9 heteroatoms. The number of hydrogen-bond acceptors (Lipinski definition) is 4. The highest BCUT2D eigenvalue weighted by atomic mass is 19.1. The maximum Gasteiger partial charge on any atom is 0.320 e. The molecule has 0 fully saturated rings. The molecule has 8 nitrogen and oxygen atoms in total. The summed E-state index contributed by atoms with van der Waals surface area (Å²) in [5.74, 6) is -0.513. The Hall–Kier alpha value is -3.72.